The fourth-order valence-electron chi connectivity index (χ4n) is 2.73. The number of rotatable bonds is 0. The first kappa shape index (κ1) is 14.6. The second-order valence-corrected chi connectivity index (χ2v) is 6.20. The minimum Gasteiger partial charge on any atom is -0.444 e. The maximum atomic E-state index is 11.8. The SMILES string of the molecule is CC(C)(C)OC(=O)N1CC2(CCCC2N)C1.Cl. The van der Waals surface area contributed by atoms with E-state index in [2.05, 4.69) is 0 Å². The lowest BCUT2D eigenvalue weighted by Gasteiger charge is -2.50. The van der Waals surface area contributed by atoms with E-state index in [1.165, 1.54) is 6.42 Å². The van der Waals surface area contributed by atoms with E-state index in [-0.39, 0.29) is 30.0 Å². The molecule has 1 aliphatic carbocycles. The summed E-state index contributed by atoms with van der Waals surface area (Å²) in [5, 5.41) is 0. The smallest absolute Gasteiger partial charge is 0.410 e. The number of likely N-dealkylation sites (tertiary alicyclic amines) is 1. The van der Waals surface area contributed by atoms with Gasteiger partial charge in [0.05, 0.1) is 0 Å². The van der Waals surface area contributed by atoms with Gasteiger partial charge in [0.15, 0.2) is 0 Å². The van der Waals surface area contributed by atoms with Gasteiger partial charge in [-0.25, -0.2) is 4.79 Å². The first-order valence-electron chi connectivity index (χ1n) is 6.06. The minimum atomic E-state index is -0.405. The molecule has 2 rings (SSSR count). The van der Waals surface area contributed by atoms with Crippen LogP contribution in [-0.2, 0) is 4.74 Å². The highest BCUT2D eigenvalue weighted by molar-refractivity contribution is 5.85. The van der Waals surface area contributed by atoms with Crippen molar-refractivity contribution in [2.75, 3.05) is 13.1 Å². The lowest BCUT2D eigenvalue weighted by atomic mass is 9.76. The van der Waals surface area contributed by atoms with E-state index in [9.17, 15) is 4.79 Å². The largest absolute Gasteiger partial charge is 0.444 e. The number of halogens is 1. The molecule has 2 N–H and O–H groups in total. The minimum absolute atomic E-state index is 0. The second kappa shape index (κ2) is 4.65. The molecular formula is C12H23ClN2O2. The van der Waals surface area contributed by atoms with Crippen LogP contribution in [0.4, 0.5) is 4.79 Å². The number of hydrogen-bond donors (Lipinski definition) is 1. The van der Waals surface area contributed by atoms with E-state index >= 15 is 0 Å². The van der Waals surface area contributed by atoms with Crippen LogP contribution in [0.15, 0.2) is 0 Å². The molecule has 0 aromatic rings. The van der Waals surface area contributed by atoms with E-state index in [4.69, 9.17) is 10.5 Å². The average molecular weight is 263 g/mol. The van der Waals surface area contributed by atoms with Crippen molar-refractivity contribution in [3.63, 3.8) is 0 Å². The van der Waals surface area contributed by atoms with Gasteiger partial charge in [0.2, 0.25) is 0 Å². The van der Waals surface area contributed by atoms with Crippen molar-refractivity contribution in [2.24, 2.45) is 11.1 Å². The van der Waals surface area contributed by atoms with Crippen LogP contribution in [0.25, 0.3) is 0 Å². The Kier molecular flexibility index (Phi) is 3.99. The lowest BCUT2D eigenvalue weighted by molar-refractivity contribution is -0.0371. The third-order valence-electron chi connectivity index (χ3n) is 3.64. The maximum absolute atomic E-state index is 11.8. The fourth-order valence-corrected chi connectivity index (χ4v) is 2.73. The predicted molar refractivity (Wildman–Crippen MR) is 69.3 cm³/mol. The second-order valence-electron chi connectivity index (χ2n) is 6.20. The molecule has 1 unspecified atom stereocenters. The van der Waals surface area contributed by atoms with Crippen LogP contribution in [-0.4, -0.2) is 35.7 Å². The maximum Gasteiger partial charge on any atom is 0.410 e. The van der Waals surface area contributed by atoms with Gasteiger partial charge in [0.25, 0.3) is 0 Å². The van der Waals surface area contributed by atoms with Crippen molar-refractivity contribution in [2.45, 2.75) is 51.7 Å². The number of ether oxygens (including phenoxy) is 1. The monoisotopic (exact) mass is 262 g/mol. The summed E-state index contributed by atoms with van der Waals surface area (Å²) in [6.07, 6.45) is 3.26. The molecule has 1 saturated heterocycles. The fraction of sp³-hybridized carbons (Fsp3) is 0.917. The van der Waals surface area contributed by atoms with Crippen molar-refractivity contribution in [3.05, 3.63) is 0 Å². The topological polar surface area (TPSA) is 55.6 Å². The van der Waals surface area contributed by atoms with Crippen LogP contribution in [0.1, 0.15) is 40.0 Å². The van der Waals surface area contributed by atoms with Crippen molar-refractivity contribution in [1.82, 2.24) is 4.90 Å². The first-order chi connectivity index (χ1) is 7.32. The van der Waals surface area contributed by atoms with E-state index < -0.39 is 5.60 Å². The Morgan fingerprint density at radius 1 is 1.41 bits per heavy atom. The standard InChI is InChI=1S/C12H22N2O2.ClH/c1-11(2,3)16-10(15)14-7-12(8-14)6-4-5-9(12)13;/h9H,4-8,13H2,1-3H3;1H. The van der Waals surface area contributed by atoms with Gasteiger partial charge < -0.3 is 15.4 Å². The van der Waals surface area contributed by atoms with Gasteiger partial charge in [-0.3, -0.25) is 0 Å². The molecule has 2 aliphatic rings. The molecule has 1 aliphatic heterocycles. The van der Waals surface area contributed by atoms with Crippen LogP contribution in [0, 0.1) is 5.41 Å². The van der Waals surface area contributed by atoms with E-state index in [0.717, 1.165) is 25.9 Å². The van der Waals surface area contributed by atoms with Gasteiger partial charge in [0, 0.05) is 24.5 Å². The zero-order valence-corrected chi connectivity index (χ0v) is 11.7. The number of amides is 1. The Balaban J connectivity index is 0.00000144. The van der Waals surface area contributed by atoms with Gasteiger partial charge >= 0.3 is 6.09 Å². The molecule has 1 atom stereocenters. The summed E-state index contributed by atoms with van der Waals surface area (Å²) in [4.78, 5) is 13.5. The van der Waals surface area contributed by atoms with Gasteiger partial charge in [-0.2, -0.15) is 0 Å². The third-order valence-corrected chi connectivity index (χ3v) is 3.64. The zero-order valence-electron chi connectivity index (χ0n) is 10.9. The number of hydrogen-bond acceptors (Lipinski definition) is 3. The molecule has 0 aromatic carbocycles. The van der Waals surface area contributed by atoms with Gasteiger partial charge in [-0.05, 0) is 33.6 Å². The Morgan fingerprint density at radius 2 is 2.00 bits per heavy atom. The molecule has 0 bridgehead atoms. The highest BCUT2D eigenvalue weighted by Gasteiger charge is 2.52. The van der Waals surface area contributed by atoms with Gasteiger partial charge in [-0.15, -0.1) is 12.4 Å². The highest BCUT2D eigenvalue weighted by atomic mass is 35.5. The van der Waals surface area contributed by atoms with Crippen molar-refractivity contribution in [1.29, 1.82) is 0 Å². The number of nitrogens with zero attached hydrogens (tertiary/aromatic N) is 1. The molecular weight excluding hydrogens is 240 g/mol. The summed E-state index contributed by atoms with van der Waals surface area (Å²) in [6, 6.07) is 0.270. The highest BCUT2D eigenvalue weighted by Crippen LogP contribution is 2.44. The molecule has 17 heavy (non-hydrogen) atoms. The number of carbonyl (C=O) groups is 1. The van der Waals surface area contributed by atoms with Crippen LogP contribution in [0.2, 0.25) is 0 Å². The van der Waals surface area contributed by atoms with E-state index in [1.54, 1.807) is 4.90 Å². The third kappa shape index (κ3) is 2.86. The van der Waals surface area contributed by atoms with E-state index in [0.29, 0.717) is 0 Å². The van der Waals surface area contributed by atoms with Crippen molar-refractivity contribution in [3.8, 4) is 0 Å². The molecule has 0 aromatic heterocycles. The molecule has 1 spiro atoms. The normalized spacial score (nSPS) is 26.4. The molecule has 1 saturated carbocycles. The summed E-state index contributed by atoms with van der Waals surface area (Å²) >= 11 is 0. The Bertz CT molecular complexity index is 295. The summed E-state index contributed by atoms with van der Waals surface area (Å²) < 4.78 is 5.33. The van der Waals surface area contributed by atoms with Gasteiger partial charge in [-0.1, -0.05) is 6.42 Å². The van der Waals surface area contributed by atoms with Crippen molar-refractivity contribution >= 4 is 18.5 Å². The number of nitrogens with two attached hydrogens (primary N) is 1. The molecule has 1 amide bonds. The summed E-state index contributed by atoms with van der Waals surface area (Å²) in [5.74, 6) is 0. The lowest BCUT2D eigenvalue weighted by Crippen LogP contribution is -2.63. The van der Waals surface area contributed by atoms with Crippen LogP contribution in [0.5, 0.6) is 0 Å². The Morgan fingerprint density at radius 3 is 2.41 bits per heavy atom. The molecule has 4 nitrogen and oxygen atoms in total. The quantitative estimate of drug-likeness (QED) is 0.728. The van der Waals surface area contributed by atoms with Crippen molar-refractivity contribution < 1.29 is 9.53 Å². The summed E-state index contributed by atoms with van der Waals surface area (Å²) in [5.41, 5.74) is 5.89. The number of carbonyl (C=O) groups excluding carboxylic acids is 1. The molecule has 2 fully saturated rings. The van der Waals surface area contributed by atoms with E-state index in [1.807, 2.05) is 20.8 Å². The molecule has 0 radical (unpaired) electrons. The molecule has 100 valence electrons. The summed E-state index contributed by atoms with van der Waals surface area (Å²) in [7, 11) is 0. The first-order valence-corrected chi connectivity index (χ1v) is 6.06. The van der Waals surface area contributed by atoms with Crippen LogP contribution < -0.4 is 5.73 Å². The Labute approximate surface area is 109 Å². The average Bonchev–Trinajstić information content (AvgIpc) is 2.40. The zero-order chi connectivity index (χ0) is 12.0. The predicted octanol–water partition coefficient (Wildman–Crippen LogP) is 2.16. The molecule has 1 heterocycles. The van der Waals surface area contributed by atoms with Crippen LogP contribution in [0.3, 0.4) is 0 Å². The summed E-state index contributed by atoms with van der Waals surface area (Å²) in [6.45, 7) is 7.23. The molecule has 5 heteroatoms. The van der Waals surface area contributed by atoms with Crippen LogP contribution >= 0.6 is 12.4 Å². The Hall–Kier alpha value is -0.480. The van der Waals surface area contributed by atoms with Gasteiger partial charge in [0.1, 0.15) is 5.60 Å².